The van der Waals surface area contributed by atoms with Crippen LogP contribution in [-0.4, -0.2) is 48.9 Å². The first-order valence-corrected chi connectivity index (χ1v) is 12.4. The fraction of sp³-hybridized carbons (Fsp3) is 0.280. The van der Waals surface area contributed by atoms with Crippen LogP contribution in [0.4, 0.5) is 10.2 Å². The molecule has 1 fully saturated rings. The van der Waals surface area contributed by atoms with Crippen molar-refractivity contribution in [1.29, 1.82) is 0 Å². The smallest absolute Gasteiger partial charge is 0.236 e. The Morgan fingerprint density at radius 3 is 2.39 bits per heavy atom. The Morgan fingerprint density at radius 1 is 0.970 bits per heavy atom. The average Bonchev–Trinajstić information content (AvgIpc) is 2.80. The molecule has 0 bridgehead atoms. The van der Waals surface area contributed by atoms with Gasteiger partial charge in [0.1, 0.15) is 17.5 Å². The maximum Gasteiger partial charge on any atom is 0.236 e. The molecule has 0 radical (unpaired) electrons. The fourth-order valence-corrected chi connectivity index (χ4v) is 5.18. The molecule has 0 amide bonds. The highest BCUT2D eigenvalue weighted by Gasteiger charge is 2.27. The molecule has 33 heavy (non-hydrogen) atoms. The second-order valence-corrected chi connectivity index (χ2v) is 9.93. The van der Waals surface area contributed by atoms with Crippen molar-refractivity contribution in [3.05, 3.63) is 94.0 Å². The van der Waals surface area contributed by atoms with Gasteiger partial charge in [0.25, 0.3) is 0 Å². The standard InChI is InChI=1S/C25H27FN4O2S/c1-19-24(18-22-9-6-10-23(26)17-22)25(28-20(2)27-19)29-12-14-30(15-13-29)33(31,32)16-11-21-7-4-3-5-8-21/h3-11,16-17H,12-15,18H2,1-2H3/b16-11+. The Balaban J connectivity index is 1.51. The summed E-state index contributed by atoms with van der Waals surface area (Å²) in [6, 6.07) is 15.9. The summed E-state index contributed by atoms with van der Waals surface area (Å²) in [6.45, 7) is 5.54. The first-order chi connectivity index (χ1) is 15.8. The summed E-state index contributed by atoms with van der Waals surface area (Å²) in [5.74, 6) is 1.18. The summed E-state index contributed by atoms with van der Waals surface area (Å²) >= 11 is 0. The Hall–Kier alpha value is -3.10. The molecule has 2 aromatic carbocycles. The predicted molar refractivity (Wildman–Crippen MR) is 129 cm³/mol. The van der Waals surface area contributed by atoms with E-state index < -0.39 is 10.0 Å². The maximum absolute atomic E-state index is 13.7. The van der Waals surface area contributed by atoms with Crippen LogP contribution in [0.25, 0.3) is 6.08 Å². The van der Waals surface area contributed by atoms with Crippen LogP contribution >= 0.6 is 0 Å². The highest BCUT2D eigenvalue weighted by Crippen LogP contribution is 2.26. The molecule has 2 heterocycles. The summed E-state index contributed by atoms with van der Waals surface area (Å²) in [7, 11) is -3.52. The van der Waals surface area contributed by atoms with E-state index in [1.807, 2.05) is 50.2 Å². The quantitative estimate of drug-likeness (QED) is 0.550. The van der Waals surface area contributed by atoms with Gasteiger partial charge in [0.05, 0.1) is 0 Å². The summed E-state index contributed by atoms with van der Waals surface area (Å²) in [6.07, 6.45) is 2.13. The average molecular weight is 467 g/mol. The first kappa shape index (κ1) is 23.1. The van der Waals surface area contributed by atoms with E-state index in [-0.39, 0.29) is 5.82 Å². The van der Waals surface area contributed by atoms with Crippen LogP contribution < -0.4 is 4.90 Å². The van der Waals surface area contributed by atoms with Crippen molar-refractivity contribution >= 4 is 21.9 Å². The van der Waals surface area contributed by atoms with E-state index >= 15 is 0 Å². The third kappa shape index (κ3) is 5.64. The number of halogens is 1. The van der Waals surface area contributed by atoms with Gasteiger partial charge in [0.15, 0.2) is 0 Å². The third-order valence-corrected chi connectivity index (χ3v) is 7.27. The number of benzene rings is 2. The van der Waals surface area contributed by atoms with Crippen molar-refractivity contribution in [2.45, 2.75) is 20.3 Å². The van der Waals surface area contributed by atoms with E-state index in [1.165, 1.54) is 21.8 Å². The molecule has 0 spiro atoms. The Morgan fingerprint density at radius 2 is 1.70 bits per heavy atom. The second kappa shape index (κ2) is 9.80. The first-order valence-electron chi connectivity index (χ1n) is 10.9. The normalized spacial score (nSPS) is 15.3. The van der Waals surface area contributed by atoms with Gasteiger partial charge in [0, 0.05) is 49.3 Å². The van der Waals surface area contributed by atoms with Crippen LogP contribution in [0.5, 0.6) is 0 Å². The minimum absolute atomic E-state index is 0.276. The summed E-state index contributed by atoms with van der Waals surface area (Å²) < 4.78 is 40.8. The van der Waals surface area contributed by atoms with Crippen molar-refractivity contribution in [3.8, 4) is 0 Å². The minimum Gasteiger partial charge on any atom is -0.354 e. The number of aryl methyl sites for hydroxylation is 2. The highest BCUT2D eigenvalue weighted by molar-refractivity contribution is 7.92. The molecule has 1 saturated heterocycles. The summed E-state index contributed by atoms with van der Waals surface area (Å²) in [5.41, 5.74) is 3.47. The van der Waals surface area contributed by atoms with Crippen LogP contribution in [0, 0.1) is 19.7 Å². The van der Waals surface area contributed by atoms with Crippen molar-refractivity contribution in [2.75, 3.05) is 31.1 Å². The predicted octanol–water partition coefficient (Wildman–Crippen LogP) is 3.95. The number of rotatable bonds is 6. The Kier molecular flexibility index (Phi) is 6.85. The molecule has 1 aliphatic heterocycles. The number of anilines is 1. The molecular weight excluding hydrogens is 439 g/mol. The van der Waals surface area contributed by atoms with Gasteiger partial charge in [0.2, 0.25) is 10.0 Å². The lowest BCUT2D eigenvalue weighted by Crippen LogP contribution is -2.48. The van der Waals surface area contributed by atoms with Gasteiger partial charge < -0.3 is 4.90 Å². The Bertz CT molecular complexity index is 1250. The molecule has 0 saturated carbocycles. The molecule has 1 aliphatic rings. The zero-order valence-corrected chi connectivity index (χ0v) is 19.6. The maximum atomic E-state index is 13.7. The fourth-order valence-electron chi connectivity index (χ4n) is 4.01. The minimum atomic E-state index is -3.52. The van der Waals surface area contributed by atoms with Crippen LogP contribution in [0.2, 0.25) is 0 Å². The van der Waals surface area contributed by atoms with E-state index in [0.717, 1.165) is 28.2 Å². The van der Waals surface area contributed by atoms with E-state index in [1.54, 1.807) is 12.1 Å². The van der Waals surface area contributed by atoms with Gasteiger partial charge in [-0.1, -0.05) is 42.5 Å². The third-order valence-electron chi connectivity index (χ3n) is 5.70. The largest absolute Gasteiger partial charge is 0.354 e. The van der Waals surface area contributed by atoms with Crippen LogP contribution in [0.1, 0.15) is 28.2 Å². The van der Waals surface area contributed by atoms with E-state index in [2.05, 4.69) is 14.9 Å². The van der Waals surface area contributed by atoms with E-state index in [4.69, 9.17) is 0 Å². The molecular formula is C25H27FN4O2S. The van der Waals surface area contributed by atoms with Crippen LogP contribution in [0.3, 0.4) is 0 Å². The van der Waals surface area contributed by atoms with Gasteiger partial charge in [-0.25, -0.2) is 22.8 Å². The molecule has 0 atom stereocenters. The lowest BCUT2D eigenvalue weighted by Gasteiger charge is -2.35. The van der Waals surface area contributed by atoms with Crippen LogP contribution in [0.15, 0.2) is 60.0 Å². The zero-order valence-electron chi connectivity index (χ0n) is 18.8. The van der Waals surface area contributed by atoms with E-state index in [0.29, 0.717) is 38.4 Å². The highest BCUT2D eigenvalue weighted by atomic mass is 32.2. The number of sulfonamides is 1. The van der Waals surface area contributed by atoms with Gasteiger partial charge in [-0.05, 0) is 43.2 Å². The van der Waals surface area contributed by atoms with Crippen molar-refractivity contribution in [3.63, 3.8) is 0 Å². The summed E-state index contributed by atoms with van der Waals surface area (Å²) in [5, 5.41) is 1.27. The van der Waals surface area contributed by atoms with Gasteiger partial charge in [-0.3, -0.25) is 0 Å². The lowest BCUT2D eigenvalue weighted by molar-refractivity contribution is 0.388. The van der Waals surface area contributed by atoms with Gasteiger partial charge in [-0.2, -0.15) is 4.31 Å². The lowest BCUT2D eigenvalue weighted by atomic mass is 10.0. The molecule has 6 nitrogen and oxygen atoms in total. The number of aromatic nitrogens is 2. The van der Waals surface area contributed by atoms with Crippen molar-refractivity contribution in [2.24, 2.45) is 0 Å². The van der Waals surface area contributed by atoms with Gasteiger partial charge >= 0.3 is 0 Å². The Labute approximate surface area is 194 Å². The molecule has 4 rings (SSSR count). The number of piperazine rings is 1. The topological polar surface area (TPSA) is 66.4 Å². The molecule has 1 aromatic heterocycles. The van der Waals surface area contributed by atoms with E-state index in [9.17, 15) is 12.8 Å². The molecule has 0 aliphatic carbocycles. The number of nitrogens with zero attached hydrogens (tertiary/aromatic N) is 4. The zero-order chi connectivity index (χ0) is 23.4. The molecule has 3 aromatic rings. The van der Waals surface area contributed by atoms with Crippen LogP contribution in [-0.2, 0) is 16.4 Å². The molecule has 0 unspecified atom stereocenters. The summed E-state index contributed by atoms with van der Waals surface area (Å²) in [4.78, 5) is 11.3. The van der Waals surface area contributed by atoms with Gasteiger partial charge in [-0.15, -0.1) is 0 Å². The molecule has 0 N–H and O–H groups in total. The van der Waals surface area contributed by atoms with Crippen molar-refractivity contribution < 1.29 is 12.8 Å². The van der Waals surface area contributed by atoms with Crippen molar-refractivity contribution in [1.82, 2.24) is 14.3 Å². The monoisotopic (exact) mass is 466 g/mol. The number of hydrogen-bond acceptors (Lipinski definition) is 5. The SMILES string of the molecule is Cc1nc(C)c(Cc2cccc(F)c2)c(N2CCN(S(=O)(=O)/C=C/c3ccccc3)CC2)n1. The molecule has 172 valence electrons. The second-order valence-electron chi connectivity index (χ2n) is 8.11. The molecule has 8 heteroatoms. The number of hydrogen-bond donors (Lipinski definition) is 0.